The lowest BCUT2D eigenvalue weighted by atomic mass is 9.80. The van der Waals surface area contributed by atoms with E-state index >= 15 is 0 Å². The minimum Gasteiger partial charge on any atom is -0.393 e. The van der Waals surface area contributed by atoms with Crippen LogP contribution in [0.5, 0.6) is 0 Å². The number of nitrogens with zero attached hydrogens (tertiary/aromatic N) is 3. The number of aliphatic hydroxyl groups excluding tert-OH is 1. The normalized spacial score (nSPS) is 23.6. The Labute approximate surface area is 215 Å². The van der Waals surface area contributed by atoms with Gasteiger partial charge in [0.1, 0.15) is 11.3 Å². The third-order valence-electron chi connectivity index (χ3n) is 7.73. The van der Waals surface area contributed by atoms with E-state index in [2.05, 4.69) is 20.6 Å². The number of hydrogen-bond acceptors (Lipinski definition) is 5. The molecule has 8 nitrogen and oxygen atoms in total. The van der Waals surface area contributed by atoms with Crippen molar-refractivity contribution in [2.45, 2.75) is 77.5 Å². The molecule has 0 spiro atoms. The number of aromatic nitrogens is 3. The van der Waals surface area contributed by atoms with Crippen LogP contribution in [0.2, 0.25) is 0 Å². The van der Waals surface area contributed by atoms with Crippen LogP contribution in [0.1, 0.15) is 64.0 Å². The maximum atomic E-state index is 14.9. The Morgan fingerprint density at radius 3 is 2.59 bits per heavy atom. The maximum absolute atomic E-state index is 14.9. The number of fused-ring (bicyclic) bond motifs is 1. The van der Waals surface area contributed by atoms with Crippen molar-refractivity contribution in [1.29, 1.82) is 0 Å². The molecule has 37 heavy (non-hydrogen) atoms. The van der Waals surface area contributed by atoms with Gasteiger partial charge in [-0.25, -0.2) is 14.4 Å². The van der Waals surface area contributed by atoms with Gasteiger partial charge in [0.2, 0.25) is 11.8 Å². The summed E-state index contributed by atoms with van der Waals surface area (Å²) in [5, 5.41) is 15.5. The van der Waals surface area contributed by atoms with E-state index in [0.29, 0.717) is 36.2 Å². The van der Waals surface area contributed by atoms with Crippen molar-refractivity contribution in [3.8, 4) is 11.1 Å². The molecule has 3 N–H and O–H groups in total. The van der Waals surface area contributed by atoms with Crippen LogP contribution >= 0.6 is 0 Å². The first-order chi connectivity index (χ1) is 17.7. The number of rotatable bonds is 6. The number of halogens is 1. The number of carbonyl (C=O) groups excluding carboxylic acids is 2. The fraction of sp³-hybridized carbons (Fsp3) is 0.500. The quantitative estimate of drug-likeness (QED) is 0.455. The summed E-state index contributed by atoms with van der Waals surface area (Å²) in [7, 11) is 0. The monoisotopic (exact) mass is 507 g/mol. The number of hydrogen-bond donors (Lipinski definition) is 3. The summed E-state index contributed by atoms with van der Waals surface area (Å²) < 4.78 is 16.9. The van der Waals surface area contributed by atoms with E-state index in [0.717, 1.165) is 35.9 Å². The zero-order valence-corrected chi connectivity index (χ0v) is 21.5. The van der Waals surface area contributed by atoms with Gasteiger partial charge in [-0.3, -0.25) is 9.59 Å². The average Bonchev–Trinajstić information content (AvgIpc) is 3.28. The highest BCUT2D eigenvalue weighted by molar-refractivity contribution is 5.93. The highest BCUT2D eigenvalue weighted by Gasteiger charge is 2.35. The topological polar surface area (TPSA) is 109 Å². The second-order valence-electron chi connectivity index (χ2n) is 10.8. The van der Waals surface area contributed by atoms with Crippen LogP contribution in [0.3, 0.4) is 0 Å². The van der Waals surface area contributed by atoms with Crippen molar-refractivity contribution in [1.82, 2.24) is 19.9 Å². The van der Waals surface area contributed by atoms with Gasteiger partial charge in [-0.2, -0.15) is 0 Å². The predicted octanol–water partition coefficient (Wildman–Crippen LogP) is 4.51. The van der Waals surface area contributed by atoms with Crippen molar-refractivity contribution < 1.29 is 19.1 Å². The molecule has 9 heteroatoms. The van der Waals surface area contributed by atoms with E-state index in [4.69, 9.17) is 0 Å². The van der Waals surface area contributed by atoms with Crippen LogP contribution in [0, 0.1) is 24.6 Å². The molecule has 2 unspecified atom stereocenters. The molecule has 0 radical (unpaired) electrons. The molecule has 2 heterocycles. The van der Waals surface area contributed by atoms with Crippen molar-refractivity contribution in [2.24, 2.45) is 11.8 Å². The number of benzene rings is 1. The van der Waals surface area contributed by atoms with Crippen molar-refractivity contribution >= 4 is 28.7 Å². The number of aliphatic hydroxyl groups is 1. The number of nitrogens with one attached hydrogen (secondary N) is 2. The van der Waals surface area contributed by atoms with Gasteiger partial charge in [-0.15, -0.1) is 0 Å². The molecular formula is C28H34FN5O3. The van der Waals surface area contributed by atoms with Crippen molar-refractivity contribution in [3.05, 3.63) is 42.1 Å². The average molecular weight is 508 g/mol. The van der Waals surface area contributed by atoms with E-state index < -0.39 is 0 Å². The molecule has 5 rings (SSSR count). The number of amides is 2. The summed E-state index contributed by atoms with van der Waals surface area (Å²) in [5.74, 6) is -0.475. The number of anilines is 1. The van der Waals surface area contributed by atoms with Crippen LogP contribution in [-0.4, -0.2) is 43.6 Å². The van der Waals surface area contributed by atoms with E-state index in [-0.39, 0.29) is 47.7 Å². The largest absolute Gasteiger partial charge is 0.393 e. The van der Waals surface area contributed by atoms with E-state index in [9.17, 15) is 19.1 Å². The SMILES string of the molecule is Cc1cnc(NC(=O)C2CCCC(NC(=O)C3CC(O)C3)C2)cc1-c1cc(F)c2ncn(C(C)C)c2c1. The number of imidazole rings is 1. The Balaban J connectivity index is 1.30. The Bertz CT molecular complexity index is 1330. The zero-order valence-electron chi connectivity index (χ0n) is 21.5. The smallest absolute Gasteiger partial charge is 0.228 e. The lowest BCUT2D eigenvalue weighted by Gasteiger charge is -2.34. The molecule has 2 aliphatic carbocycles. The lowest BCUT2D eigenvalue weighted by Crippen LogP contribution is -2.47. The Morgan fingerprint density at radius 1 is 1.08 bits per heavy atom. The van der Waals surface area contributed by atoms with Crippen LogP contribution < -0.4 is 10.6 Å². The molecule has 196 valence electrons. The summed E-state index contributed by atoms with van der Waals surface area (Å²) in [4.78, 5) is 34.1. The summed E-state index contributed by atoms with van der Waals surface area (Å²) in [6.07, 6.45) is 7.02. The first-order valence-electron chi connectivity index (χ1n) is 13.1. The fourth-order valence-corrected chi connectivity index (χ4v) is 5.47. The van der Waals surface area contributed by atoms with Crippen LogP contribution in [-0.2, 0) is 9.59 Å². The minimum absolute atomic E-state index is 0.0239. The molecule has 2 fully saturated rings. The molecule has 0 saturated heterocycles. The van der Waals surface area contributed by atoms with Gasteiger partial charge in [-0.1, -0.05) is 6.42 Å². The third kappa shape index (κ3) is 5.23. The highest BCUT2D eigenvalue weighted by atomic mass is 19.1. The zero-order chi connectivity index (χ0) is 26.3. The second kappa shape index (κ2) is 10.2. The molecule has 0 bridgehead atoms. The summed E-state index contributed by atoms with van der Waals surface area (Å²) in [6, 6.07) is 5.28. The standard InChI is InChI=1S/C28H34FN5O3/c1-15(2)34-14-31-26-23(29)10-18(11-24(26)34)22-12-25(30-13-16(22)3)33-27(36)17-5-4-6-20(7-17)32-28(37)19-8-21(35)9-19/h10-15,17,19-21,35H,4-9H2,1-3H3,(H,32,37)(H,30,33,36). The summed E-state index contributed by atoms with van der Waals surface area (Å²) >= 11 is 0. The first-order valence-corrected chi connectivity index (χ1v) is 13.1. The molecule has 2 amide bonds. The maximum Gasteiger partial charge on any atom is 0.228 e. The van der Waals surface area contributed by atoms with Crippen molar-refractivity contribution in [3.63, 3.8) is 0 Å². The molecule has 2 aliphatic rings. The van der Waals surface area contributed by atoms with Gasteiger partial charge >= 0.3 is 0 Å². The molecule has 3 aromatic rings. The lowest BCUT2D eigenvalue weighted by molar-refractivity contribution is -0.133. The van der Waals surface area contributed by atoms with Gasteiger partial charge in [0.05, 0.1) is 17.9 Å². The highest BCUT2D eigenvalue weighted by Crippen LogP contribution is 2.32. The molecular weight excluding hydrogens is 473 g/mol. The van der Waals surface area contributed by atoms with E-state index in [1.165, 1.54) is 6.07 Å². The molecule has 2 aromatic heterocycles. The van der Waals surface area contributed by atoms with Crippen LogP contribution in [0.15, 0.2) is 30.7 Å². The van der Waals surface area contributed by atoms with Crippen molar-refractivity contribution in [2.75, 3.05) is 5.32 Å². The molecule has 2 atom stereocenters. The Morgan fingerprint density at radius 2 is 1.86 bits per heavy atom. The predicted molar refractivity (Wildman–Crippen MR) is 139 cm³/mol. The van der Waals surface area contributed by atoms with E-state index in [1.807, 2.05) is 31.4 Å². The third-order valence-corrected chi connectivity index (χ3v) is 7.73. The number of aryl methyl sites for hydroxylation is 1. The Hall–Kier alpha value is -3.33. The fourth-order valence-electron chi connectivity index (χ4n) is 5.47. The summed E-state index contributed by atoms with van der Waals surface area (Å²) in [6.45, 7) is 5.96. The number of pyridine rings is 1. The van der Waals surface area contributed by atoms with Crippen LogP contribution in [0.4, 0.5) is 10.2 Å². The van der Waals surface area contributed by atoms with Gasteiger partial charge in [0.15, 0.2) is 5.82 Å². The molecule has 2 saturated carbocycles. The van der Waals surface area contributed by atoms with Gasteiger partial charge in [0.25, 0.3) is 0 Å². The van der Waals surface area contributed by atoms with E-state index in [1.54, 1.807) is 18.6 Å². The second-order valence-corrected chi connectivity index (χ2v) is 10.8. The first kappa shape index (κ1) is 25.3. The van der Waals surface area contributed by atoms with Crippen LogP contribution in [0.25, 0.3) is 22.2 Å². The minimum atomic E-state index is -0.389. The number of carbonyl (C=O) groups is 2. The van der Waals surface area contributed by atoms with Gasteiger partial charge < -0.3 is 20.3 Å². The molecule has 1 aromatic carbocycles. The van der Waals surface area contributed by atoms with Gasteiger partial charge in [0, 0.05) is 30.1 Å². The Kier molecular flexibility index (Phi) is 6.98. The molecule has 0 aliphatic heterocycles. The van der Waals surface area contributed by atoms with Gasteiger partial charge in [-0.05, 0) is 87.8 Å². The summed E-state index contributed by atoms with van der Waals surface area (Å²) in [5.41, 5.74) is 3.42.